The van der Waals surface area contributed by atoms with Crippen LogP contribution in [0.3, 0.4) is 0 Å². The van der Waals surface area contributed by atoms with E-state index in [9.17, 15) is 4.79 Å². The molecule has 0 aliphatic rings. The van der Waals surface area contributed by atoms with Crippen LogP contribution in [-0.4, -0.2) is 16.1 Å². The molecule has 0 saturated carbocycles. The van der Waals surface area contributed by atoms with Gasteiger partial charge in [0, 0.05) is 5.69 Å². The fourth-order valence-corrected chi connectivity index (χ4v) is 1.85. The summed E-state index contributed by atoms with van der Waals surface area (Å²) in [5.41, 5.74) is 7.63. The smallest absolute Gasteiger partial charge is 0.335 e. The second kappa shape index (κ2) is 5.31. The topological polar surface area (TPSA) is 76.2 Å². The van der Waals surface area contributed by atoms with Crippen molar-refractivity contribution in [3.8, 4) is 0 Å². The molecule has 0 unspecified atom stereocenters. The van der Waals surface area contributed by atoms with Crippen LogP contribution in [0.15, 0.2) is 42.5 Å². The van der Waals surface area contributed by atoms with Crippen molar-refractivity contribution in [2.45, 2.75) is 12.8 Å². The van der Waals surface area contributed by atoms with Crippen molar-refractivity contribution in [1.82, 2.24) is 4.98 Å². The number of carbonyl (C=O) groups is 1. The predicted octanol–water partition coefficient (Wildman–Crippen LogP) is 2.15. The molecule has 18 heavy (non-hydrogen) atoms. The molecule has 0 bridgehead atoms. The molecule has 92 valence electrons. The Morgan fingerprint density at radius 1 is 1.11 bits per heavy atom. The van der Waals surface area contributed by atoms with Crippen LogP contribution in [0.5, 0.6) is 0 Å². The highest BCUT2D eigenvalue weighted by Gasteiger charge is 2.08. The summed E-state index contributed by atoms with van der Waals surface area (Å²) in [7, 11) is 0. The molecule has 0 amide bonds. The maximum Gasteiger partial charge on any atom is 0.335 e. The van der Waals surface area contributed by atoms with Crippen molar-refractivity contribution in [3.63, 3.8) is 0 Å². The van der Waals surface area contributed by atoms with Crippen LogP contribution < -0.4 is 5.73 Å². The van der Waals surface area contributed by atoms with E-state index in [1.807, 2.05) is 24.3 Å². The number of hydrogen-bond acceptors (Lipinski definition) is 3. The first-order valence-corrected chi connectivity index (χ1v) is 5.69. The molecule has 2 rings (SSSR count). The predicted molar refractivity (Wildman–Crippen MR) is 69.5 cm³/mol. The van der Waals surface area contributed by atoms with E-state index in [1.165, 1.54) is 0 Å². The molecular weight excluding hydrogens is 228 g/mol. The molecule has 0 aliphatic heterocycles. The maximum absolute atomic E-state index is 11.1. The van der Waals surface area contributed by atoms with E-state index < -0.39 is 5.97 Å². The first-order valence-electron chi connectivity index (χ1n) is 5.69. The normalized spacial score (nSPS) is 10.2. The summed E-state index contributed by atoms with van der Waals surface area (Å²) < 4.78 is 0. The Hall–Kier alpha value is -2.36. The monoisotopic (exact) mass is 242 g/mol. The molecule has 1 aromatic carbocycles. The molecule has 0 spiro atoms. The molecule has 4 nitrogen and oxygen atoms in total. The van der Waals surface area contributed by atoms with Gasteiger partial charge in [0.2, 0.25) is 0 Å². The van der Waals surface area contributed by atoms with Gasteiger partial charge in [-0.3, -0.25) is 0 Å². The first kappa shape index (κ1) is 12.1. The summed E-state index contributed by atoms with van der Waals surface area (Å²) in [6.45, 7) is 0. The molecule has 1 heterocycles. The third kappa shape index (κ3) is 2.85. The lowest BCUT2D eigenvalue weighted by molar-refractivity contribution is 0.0695. The van der Waals surface area contributed by atoms with Crippen molar-refractivity contribution in [2.75, 3.05) is 5.73 Å². The van der Waals surface area contributed by atoms with Crippen molar-refractivity contribution >= 4 is 11.8 Å². The van der Waals surface area contributed by atoms with E-state index in [0.29, 0.717) is 24.2 Å². The molecule has 0 saturated heterocycles. The number of aromatic carboxylic acids is 1. The average molecular weight is 242 g/mol. The third-order valence-corrected chi connectivity index (χ3v) is 2.73. The standard InChI is InChI=1S/C14H14N2O2/c15-13-7-3-5-11(16-13)9-8-10-4-1-2-6-12(10)14(17)18/h1-7H,8-9H2,(H2,15,16)(H,17,18). The van der Waals surface area contributed by atoms with Crippen LogP contribution in [0.4, 0.5) is 5.82 Å². The first-order chi connectivity index (χ1) is 8.66. The fraction of sp³-hybridized carbons (Fsp3) is 0.143. The Bertz CT molecular complexity index is 567. The number of aromatic nitrogens is 1. The zero-order chi connectivity index (χ0) is 13.0. The van der Waals surface area contributed by atoms with Gasteiger partial charge in [-0.05, 0) is 36.6 Å². The molecule has 0 aliphatic carbocycles. The highest BCUT2D eigenvalue weighted by molar-refractivity contribution is 5.89. The molecule has 2 aromatic rings. The summed E-state index contributed by atoms with van der Waals surface area (Å²) in [4.78, 5) is 15.2. The van der Waals surface area contributed by atoms with Crippen molar-refractivity contribution in [2.24, 2.45) is 0 Å². The van der Waals surface area contributed by atoms with Crippen LogP contribution in [0.2, 0.25) is 0 Å². The average Bonchev–Trinajstić information content (AvgIpc) is 2.37. The van der Waals surface area contributed by atoms with Crippen LogP contribution >= 0.6 is 0 Å². The lowest BCUT2D eigenvalue weighted by Gasteiger charge is -2.05. The van der Waals surface area contributed by atoms with E-state index in [0.717, 1.165) is 11.3 Å². The summed E-state index contributed by atoms with van der Waals surface area (Å²) in [5.74, 6) is -0.412. The van der Waals surface area contributed by atoms with Gasteiger partial charge in [0.15, 0.2) is 0 Å². The van der Waals surface area contributed by atoms with Crippen LogP contribution in [0.25, 0.3) is 0 Å². The van der Waals surface area contributed by atoms with E-state index >= 15 is 0 Å². The van der Waals surface area contributed by atoms with Gasteiger partial charge >= 0.3 is 5.97 Å². The van der Waals surface area contributed by atoms with Gasteiger partial charge in [-0.1, -0.05) is 24.3 Å². The lowest BCUT2D eigenvalue weighted by atomic mass is 10.0. The number of nitrogens with zero attached hydrogens (tertiary/aromatic N) is 1. The van der Waals surface area contributed by atoms with Crippen LogP contribution in [0, 0.1) is 0 Å². The number of carboxylic acid groups (broad SMARTS) is 1. The number of pyridine rings is 1. The summed E-state index contributed by atoms with van der Waals surface area (Å²) in [6.07, 6.45) is 1.31. The van der Waals surface area contributed by atoms with E-state index in [4.69, 9.17) is 10.8 Å². The number of rotatable bonds is 4. The minimum Gasteiger partial charge on any atom is -0.478 e. The molecule has 0 fully saturated rings. The molecule has 0 radical (unpaired) electrons. The quantitative estimate of drug-likeness (QED) is 0.861. The number of anilines is 1. The largest absolute Gasteiger partial charge is 0.478 e. The SMILES string of the molecule is Nc1cccc(CCc2ccccc2C(=O)O)n1. The Kier molecular flexibility index (Phi) is 3.57. The third-order valence-electron chi connectivity index (χ3n) is 2.73. The number of carboxylic acids is 1. The van der Waals surface area contributed by atoms with Crippen molar-refractivity contribution < 1.29 is 9.90 Å². The van der Waals surface area contributed by atoms with E-state index in [-0.39, 0.29) is 0 Å². The fourth-order valence-electron chi connectivity index (χ4n) is 1.85. The Labute approximate surface area is 105 Å². The van der Waals surface area contributed by atoms with Gasteiger partial charge in [-0.25, -0.2) is 9.78 Å². The Balaban J connectivity index is 2.13. The molecule has 0 atom stereocenters. The summed E-state index contributed by atoms with van der Waals surface area (Å²) in [6, 6.07) is 12.5. The number of nitrogen functional groups attached to an aromatic ring is 1. The van der Waals surface area contributed by atoms with Crippen molar-refractivity contribution in [3.05, 3.63) is 59.3 Å². The van der Waals surface area contributed by atoms with Crippen LogP contribution in [0.1, 0.15) is 21.6 Å². The van der Waals surface area contributed by atoms with Gasteiger partial charge in [-0.15, -0.1) is 0 Å². The Morgan fingerprint density at radius 2 is 1.89 bits per heavy atom. The minimum absolute atomic E-state index is 0.349. The summed E-state index contributed by atoms with van der Waals surface area (Å²) in [5, 5.41) is 9.07. The highest BCUT2D eigenvalue weighted by Crippen LogP contribution is 2.12. The van der Waals surface area contributed by atoms with Gasteiger partial charge < -0.3 is 10.8 Å². The molecular formula is C14H14N2O2. The number of benzene rings is 1. The zero-order valence-electron chi connectivity index (χ0n) is 9.84. The van der Waals surface area contributed by atoms with Gasteiger partial charge in [-0.2, -0.15) is 0 Å². The summed E-state index contributed by atoms with van der Waals surface area (Å²) >= 11 is 0. The number of nitrogens with two attached hydrogens (primary N) is 1. The molecule has 4 heteroatoms. The highest BCUT2D eigenvalue weighted by atomic mass is 16.4. The number of hydrogen-bond donors (Lipinski definition) is 2. The van der Waals surface area contributed by atoms with Crippen molar-refractivity contribution in [1.29, 1.82) is 0 Å². The van der Waals surface area contributed by atoms with Gasteiger partial charge in [0.25, 0.3) is 0 Å². The second-order valence-electron chi connectivity index (χ2n) is 4.02. The molecule has 3 N–H and O–H groups in total. The number of aryl methyl sites for hydroxylation is 2. The minimum atomic E-state index is -0.897. The van der Waals surface area contributed by atoms with Gasteiger partial charge in [0.1, 0.15) is 5.82 Å². The van der Waals surface area contributed by atoms with E-state index in [2.05, 4.69) is 4.98 Å². The molecule has 1 aromatic heterocycles. The second-order valence-corrected chi connectivity index (χ2v) is 4.02. The Morgan fingerprint density at radius 3 is 2.61 bits per heavy atom. The van der Waals surface area contributed by atoms with E-state index in [1.54, 1.807) is 18.2 Å². The maximum atomic E-state index is 11.1. The lowest BCUT2D eigenvalue weighted by Crippen LogP contribution is -2.04. The van der Waals surface area contributed by atoms with Crippen LogP contribution in [-0.2, 0) is 12.8 Å². The van der Waals surface area contributed by atoms with Gasteiger partial charge in [0.05, 0.1) is 5.56 Å². The zero-order valence-corrected chi connectivity index (χ0v) is 9.84.